The van der Waals surface area contributed by atoms with Crippen molar-refractivity contribution in [3.05, 3.63) is 88.9 Å². The molecule has 0 radical (unpaired) electrons. The van der Waals surface area contributed by atoms with Gasteiger partial charge in [-0.1, -0.05) is 58.4 Å². The van der Waals surface area contributed by atoms with Crippen molar-refractivity contribution in [2.45, 2.75) is 6.61 Å². The predicted octanol–water partition coefficient (Wildman–Crippen LogP) is 4.66. The molecule has 0 bridgehead atoms. The molecule has 0 spiro atoms. The van der Waals surface area contributed by atoms with Gasteiger partial charge in [-0.2, -0.15) is 5.10 Å². The Hall–Kier alpha value is -2.99. The van der Waals surface area contributed by atoms with E-state index in [2.05, 4.69) is 61.6 Å². The molecule has 0 unspecified atom stereocenters. The van der Waals surface area contributed by atoms with Gasteiger partial charge in [0.15, 0.2) is 0 Å². The molecule has 4 rings (SSSR count). The van der Waals surface area contributed by atoms with Crippen molar-refractivity contribution in [1.82, 2.24) is 14.9 Å². The van der Waals surface area contributed by atoms with Crippen LogP contribution in [-0.2, 0) is 6.61 Å². The molecule has 0 N–H and O–H groups in total. The van der Waals surface area contributed by atoms with Crippen LogP contribution in [0.15, 0.2) is 82.9 Å². The Morgan fingerprint density at radius 1 is 1.00 bits per heavy atom. The lowest BCUT2D eigenvalue weighted by Gasteiger charge is -2.11. The molecule has 4 aromatic rings. The van der Waals surface area contributed by atoms with Crippen molar-refractivity contribution in [2.75, 3.05) is 0 Å². The molecular formula is C20H15BrN4O. The van der Waals surface area contributed by atoms with E-state index in [1.165, 1.54) is 28.1 Å². The Morgan fingerprint density at radius 2 is 1.81 bits per heavy atom. The largest absolute Gasteiger partial charge is 0.488 e. The third-order valence-electron chi connectivity index (χ3n) is 3.97. The van der Waals surface area contributed by atoms with Crippen LogP contribution >= 0.6 is 15.9 Å². The van der Waals surface area contributed by atoms with Crippen molar-refractivity contribution in [1.29, 1.82) is 0 Å². The number of nitrogens with zero attached hydrogens (tertiary/aromatic N) is 4. The van der Waals surface area contributed by atoms with Crippen molar-refractivity contribution < 1.29 is 4.74 Å². The second kappa shape index (κ2) is 7.49. The summed E-state index contributed by atoms with van der Waals surface area (Å²) in [7, 11) is 0. The molecule has 0 atom stereocenters. The van der Waals surface area contributed by atoms with Crippen molar-refractivity contribution in [3.8, 4) is 5.75 Å². The number of hydrogen-bond acceptors (Lipinski definition) is 4. The second-order valence-corrected chi connectivity index (χ2v) is 6.61. The molecule has 0 saturated heterocycles. The number of benzene rings is 3. The topological polar surface area (TPSA) is 52.3 Å². The summed E-state index contributed by atoms with van der Waals surface area (Å²) in [4.78, 5) is 0. The smallest absolute Gasteiger partial charge is 0.141 e. The first-order chi connectivity index (χ1) is 12.8. The van der Waals surface area contributed by atoms with Crippen LogP contribution < -0.4 is 4.74 Å². The molecule has 0 aliphatic carbocycles. The molecule has 6 heteroatoms. The summed E-state index contributed by atoms with van der Waals surface area (Å²) in [6, 6.07) is 20.4. The predicted molar refractivity (Wildman–Crippen MR) is 105 cm³/mol. The molecule has 0 aliphatic heterocycles. The van der Waals surface area contributed by atoms with E-state index in [9.17, 15) is 0 Å². The van der Waals surface area contributed by atoms with Gasteiger partial charge in [-0.25, -0.2) is 4.68 Å². The lowest BCUT2D eigenvalue weighted by molar-refractivity contribution is 0.307. The van der Waals surface area contributed by atoms with Gasteiger partial charge in [0.25, 0.3) is 0 Å². The average Bonchev–Trinajstić information content (AvgIpc) is 3.19. The highest BCUT2D eigenvalue weighted by Crippen LogP contribution is 2.25. The van der Waals surface area contributed by atoms with Gasteiger partial charge >= 0.3 is 0 Å². The van der Waals surface area contributed by atoms with Gasteiger partial charge in [0.2, 0.25) is 0 Å². The van der Waals surface area contributed by atoms with Crippen LogP contribution in [0.25, 0.3) is 10.8 Å². The van der Waals surface area contributed by atoms with Gasteiger partial charge in [0, 0.05) is 10.0 Å². The number of ether oxygens (including phenoxy) is 1. The fraction of sp³-hybridized carbons (Fsp3) is 0.0500. The highest BCUT2D eigenvalue weighted by atomic mass is 79.9. The third-order valence-corrected chi connectivity index (χ3v) is 4.46. The molecule has 0 saturated carbocycles. The first-order valence-corrected chi connectivity index (χ1v) is 8.87. The minimum atomic E-state index is 0.483. The van der Waals surface area contributed by atoms with Crippen molar-refractivity contribution in [3.63, 3.8) is 0 Å². The van der Waals surface area contributed by atoms with Crippen LogP contribution in [0.3, 0.4) is 0 Å². The minimum absolute atomic E-state index is 0.483. The zero-order valence-corrected chi connectivity index (χ0v) is 15.4. The first-order valence-electron chi connectivity index (χ1n) is 8.07. The lowest BCUT2D eigenvalue weighted by Crippen LogP contribution is -2.00. The third kappa shape index (κ3) is 3.65. The Balaban J connectivity index is 1.60. The van der Waals surface area contributed by atoms with Gasteiger partial charge in [0.1, 0.15) is 25.0 Å². The lowest BCUT2D eigenvalue weighted by atomic mass is 10.1. The number of halogens is 1. The number of rotatable bonds is 5. The standard InChI is InChI=1S/C20H15BrN4O/c21-18-8-9-20(17(10-18)11-24-25-13-22-23-14-25)26-12-16-6-3-5-15-4-1-2-7-19(15)16/h1-11,13-14H,12H2. The summed E-state index contributed by atoms with van der Waals surface area (Å²) in [5.74, 6) is 0.762. The van der Waals surface area contributed by atoms with E-state index in [0.717, 1.165) is 21.3 Å². The number of fused-ring (bicyclic) bond motifs is 1. The van der Waals surface area contributed by atoms with Crippen molar-refractivity contribution >= 4 is 32.9 Å². The second-order valence-electron chi connectivity index (χ2n) is 5.70. The van der Waals surface area contributed by atoms with E-state index in [0.29, 0.717) is 6.61 Å². The summed E-state index contributed by atoms with van der Waals surface area (Å²) in [5.41, 5.74) is 2.01. The minimum Gasteiger partial charge on any atom is -0.488 e. The molecule has 0 fully saturated rings. The van der Waals surface area contributed by atoms with Crippen LogP contribution in [0.5, 0.6) is 5.75 Å². The number of aromatic nitrogens is 3. The van der Waals surface area contributed by atoms with E-state index in [4.69, 9.17) is 4.74 Å². The van der Waals surface area contributed by atoms with Gasteiger partial charge in [-0.15, -0.1) is 10.2 Å². The molecule has 1 aromatic heterocycles. The fourth-order valence-corrected chi connectivity index (χ4v) is 3.09. The van der Waals surface area contributed by atoms with E-state index in [1.807, 2.05) is 30.3 Å². The zero-order valence-electron chi connectivity index (χ0n) is 13.8. The SMILES string of the molecule is Brc1ccc(OCc2cccc3ccccc23)c(C=Nn2cnnc2)c1. The maximum atomic E-state index is 6.10. The highest BCUT2D eigenvalue weighted by molar-refractivity contribution is 9.10. The van der Waals surface area contributed by atoms with Gasteiger partial charge in [0.05, 0.1) is 6.21 Å². The quantitative estimate of drug-likeness (QED) is 0.453. The van der Waals surface area contributed by atoms with Crippen LogP contribution in [0.1, 0.15) is 11.1 Å². The van der Waals surface area contributed by atoms with Gasteiger partial charge in [-0.3, -0.25) is 0 Å². The normalized spacial score (nSPS) is 11.3. The van der Waals surface area contributed by atoms with E-state index >= 15 is 0 Å². The molecule has 0 aliphatic rings. The van der Waals surface area contributed by atoms with Gasteiger partial charge in [-0.05, 0) is 34.5 Å². The van der Waals surface area contributed by atoms with E-state index in [-0.39, 0.29) is 0 Å². The Bertz CT molecular complexity index is 1060. The van der Waals surface area contributed by atoms with Gasteiger partial charge < -0.3 is 4.74 Å². The van der Waals surface area contributed by atoms with Crippen LogP contribution in [0.2, 0.25) is 0 Å². The molecule has 1 heterocycles. The monoisotopic (exact) mass is 406 g/mol. The highest BCUT2D eigenvalue weighted by Gasteiger charge is 2.06. The van der Waals surface area contributed by atoms with Crippen molar-refractivity contribution in [2.24, 2.45) is 5.10 Å². The van der Waals surface area contributed by atoms with Crippen LogP contribution in [0, 0.1) is 0 Å². The molecule has 3 aromatic carbocycles. The summed E-state index contributed by atoms with van der Waals surface area (Å²) in [6.45, 7) is 0.483. The Kier molecular flexibility index (Phi) is 4.75. The summed E-state index contributed by atoms with van der Waals surface area (Å²) in [6.07, 6.45) is 4.79. The van der Waals surface area contributed by atoms with Crippen LogP contribution in [0.4, 0.5) is 0 Å². The molecule has 5 nitrogen and oxygen atoms in total. The maximum Gasteiger partial charge on any atom is 0.141 e. The van der Waals surface area contributed by atoms with E-state index < -0.39 is 0 Å². The maximum absolute atomic E-state index is 6.10. The molecule has 0 amide bonds. The fourth-order valence-electron chi connectivity index (χ4n) is 2.71. The molecular weight excluding hydrogens is 392 g/mol. The van der Waals surface area contributed by atoms with Crippen LogP contribution in [-0.4, -0.2) is 21.1 Å². The molecule has 26 heavy (non-hydrogen) atoms. The summed E-state index contributed by atoms with van der Waals surface area (Å²) >= 11 is 3.49. The zero-order chi connectivity index (χ0) is 17.8. The first kappa shape index (κ1) is 16.5. The summed E-state index contributed by atoms with van der Waals surface area (Å²) < 4.78 is 8.60. The average molecular weight is 407 g/mol. The number of hydrogen-bond donors (Lipinski definition) is 0. The Morgan fingerprint density at radius 3 is 2.69 bits per heavy atom. The summed E-state index contributed by atoms with van der Waals surface area (Å²) in [5, 5.41) is 14.2. The van der Waals surface area contributed by atoms with E-state index in [1.54, 1.807) is 6.21 Å². The Labute approximate surface area is 159 Å². The molecule has 128 valence electrons.